The van der Waals surface area contributed by atoms with Crippen molar-refractivity contribution in [3.8, 4) is 11.6 Å². The molecule has 1 N–H and O–H groups in total. The minimum atomic E-state index is -0.163. The molecule has 1 unspecified atom stereocenters. The molecule has 1 aliphatic heterocycles. The van der Waals surface area contributed by atoms with Crippen LogP contribution in [0.15, 0.2) is 66.3 Å². The highest BCUT2D eigenvalue weighted by molar-refractivity contribution is 8.02. The first kappa shape index (κ1) is 18.2. The molecule has 2 aromatic heterocycles. The molecule has 0 aliphatic carbocycles. The Hall–Kier alpha value is -3.13. The Labute approximate surface area is 166 Å². The number of carbonyl (C=O) groups excluding carboxylic acids is 1. The van der Waals surface area contributed by atoms with E-state index in [-0.39, 0.29) is 17.6 Å². The number of carbonyl (C=O) groups is 1. The Balaban J connectivity index is 1.44. The summed E-state index contributed by atoms with van der Waals surface area (Å²) in [4.78, 5) is 21.5. The van der Waals surface area contributed by atoms with Gasteiger partial charge in [0.05, 0.1) is 18.3 Å². The van der Waals surface area contributed by atoms with Gasteiger partial charge in [-0.15, -0.1) is 11.8 Å². The maximum Gasteiger partial charge on any atom is 0.228 e. The van der Waals surface area contributed by atoms with Crippen molar-refractivity contribution in [2.45, 2.75) is 18.1 Å². The van der Waals surface area contributed by atoms with Gasteiger partial charge in [0, 0.05) is 18.5 Å². The molecule has 0 radical (unpaired) electrons. The van der Waals surface area contributed by atoms with Crippen molar-refractivity contribution in [1.29, 1.82) is 0 Å². The number of amides is 1. The molecule has 1 aliphatic rings. The van der Waals surface area contributed by atoms with Crippen LogP contribution in [0.4, 0.5) is 5.82 Å². The third-order valence-corrected chi connectivity index (χ3v) is 5.14. The lowest BCUT2D eigenvalue weighted by Gasteiger charge is -2.13. The summed E-state index contributed by atoms with van der Waals surface area (Å²) < 4.78 is 7.24. The molecule has 0 saturated heterocycles. The third kappa shape index (κ3) is 4.58. The molecule has 7 nitrogen and oxygen atoms in total. The van der Waals surface area contributed by atoms with E-state index in [1.165, 1.54) is 0 Å². The van der Waals surface area contributed by atoms with Crippen LogP contribution in [0.5, 0.6) is 5.75 Å². The molecule has 8 heteroatoms. The molecular weight excluding hydrogens is 374 g/mol. The van der Waals surface area contributed by atoms with E-state index in [2.05, 4.69) is 26.5 Å². The highest BCUT2D eigenvalue weighted by Gasteiger charge is 2.19. The van der Waals surface area contributed by atoms with Crippen LogP contribution in [-0.2, 0) is 4.79 Å². The van der Waals surface area contributed by atoms with Crippen LogP contribution in [0.2, 0.25) is 0 Å². The summed E-state index contributed by atoms with van der Waals surface area (Å²) in [5.41, 5.74) is 0. The number of anilines is 1. The second kappa shape index (κ2) is 8.71. The first-order valence-corrected chi connectivity index (χ1v) is 9.89. The van der Waals surface area contributed by atoms with Gasteiger partial charge in [-0.25, -0.2) is 14.6 Å². The minimum Gasteiger partial charge on any atom is -0.493 e. The van der Waals surface area contributed by atoms with Crippen molar-refractivity contribution >= 4 is 23.5 Å². The smallest absolute Gasteiger partial charge is 0.228 e. The summed E-state index contributed by atoms with van der Waals surface area (Å²) in [6, 6.07) is 13.0. The van der Waals surface area contributed by atoms with Gasteiger partial charge in [-0.05, 0) is 30.0 Å². The fourth-order valence-corrected chi connectivity index (χ4v) is 3.58. The van der Waals surface area contributed by atoms with Crippen molar-refractivity contribution in [1.82, 2.24) is 19.7 Å². The highest BCUT2D eigenvalue weighted by atomic mass is 32.2. The standard InChI is InChI=1S/C20H19N5O2S/c26-19(9-12-27-15-6-2-1-3-7-15)22-17-14-18(25-11-5-10-21-25)24-20(23-17)16-8-4-13-28-16/h1-7,10-11,13-14,16H,8-9,12H2,(H,22,23,24,26). The number of thioether (sulfide) groups is 1. The van der Waals surface area contributed by atoms with Crippen LogP contribution >= 0.6 is 11.8 Å². The van der Waals surface area contributed by atoms with E-state index < -0.39 is 0 Å². The van der Waals surface area contributed by atoms with Gasteiger partial charge in [0.15, 0.2) is 5.82 Å². The predicted octanol–water partition coefficient (Wildman–Crippen LogP) is 3.76. The predicted molar refractivity (Wildman–Crippen MR) is 108 cm³/mol. The molecule has 1 atom stereocenters. The molecule has 3 aromatic rings. The number of ether oxygens (including phenoxy) is 1. The van der Waals surface area contributed by atoms with Crippen molar-refractivity contribution in [2.75, 3.05) is 11.9 Å². The molecule has 0 saturated carbocycles. The highest BCUT2D eigenvalue weighted by Crippen LogP contribution is 2.37. The number of rotatable bonds is 7. The molecular formula is C20H19N5O2S. The fraction of sp³-hybridized carbons (Fsp3) is 0.200. The van der Waals surface area contributed by atoms with Crippen LogP contribution in [-0.4, -0.2) is 32.3 Å². The van der Waals surface area contributed by atoms with Gasteiger partial charge in [0.1, 0.15) is 17.4 Å². The molecule has 1 amide bonds. The number of nitrogens with zero attached hydrogens (tertiary/aromatic N) is 4. The molecule has 0 spiro atoms. The number of nitrogens with one attached hydrogen (secondary N) is 1. The zero-order valence-corrected chi connectivity index (χ0v) is 15.9. The molecule has 142 valence electrons. The van der Waals surface area contributed by atoms with Gasteiger partial charge < -0.3 is 10.1 Å². The van der Waals surface area contributed by atoms with Gasteiger partial charge >= 0.3 is 0 Å². The molecule has 28 heavy (non-hydrogen) atoms. The second-order valence-electron chi connectivity index (χ2n) is 6.11. The number of aromatic nitrogens is 4. The van der Waals surface area contributed by atoms with E-state index in [1.54, 1.807) is 28.7 Å². The second-order valence-corrected chi connectivity index (χ2v) is 7.23. The Morgan fingerprint density at radius 2 is 2.14 bits per heavy atom. The molecule has 0 bridgehead atoms. The molecule has 0 fully saturated rings. The molecule has 4 rings (SSSR count). The van der Waals surface area contributed by atoms with Crippen LogP contribution in [0.1, 0.15) is 23.9 Å². The topological polar surface area (TPSA) is 81.9 Å². The van der Waals surface area contributed by atoms with E-state index >= 15 is 0 Å². The van der Waals surface area contributed by atoms with Gasteiger partial charge in [-0.2, -0.15) is 5.10 Å². The summed E-state index contributed by atoms with van der Waals surface area (Å²) >= 11 is 1.67. The number of hydrogen-bond acceptors (Lipinski definition) is 6. The molecule has 1 aromatic carbocycles. The summed E-state index contributed by atoms with van der Waals surface area (Å²) in [6.45, 7) is 0.294. The fourth-order valence-electron chi connectivity index (χ4n) is 2.72. The largest absolute Gasteiger partial charge is 0.493 e. The Bertz CT molecular complexity index is 952. The van der Waals surface area contributed by atoms with E-state index in [9.17, 15) is 4.79 Å². The first-order valence-electron chi connectivity index (χ1n) is 8.95. The monoisotopic (exact) mass is 393 g/mol. The average molecular weight is 393 g/mol. The van der Waals surface area contributed by atoms with Crippen LogP contribution < -0.4 is 10.1 Å². The van der Waals surface area contributed by atoms with Gasteiger partial charge in [-0.3, -0.25) is 4.79 Å². The lowest BCUT2D eigenvalue weighted by Crippen LogP contribution is -2.17. The van der Waals surface area contributed by atoms with Crippen LogP contribution in [0.3, 0.4) is 0 Å². The zero-order chi connectivity index (χ0) is 19.2. The van der Waals surface area contributed by atoms with E-state index in [0.29, 0.717) is 24.1 Å². The maximum atomic E-state index is 12.3. The van der Waals surface area contributed by atoms with E-state index in [0.717, 1.165) is 12.2 Å². The Morgan fingerprint density at radius 3 is 2.89 bits per heavy atom. The van der Waals surface area contributed by atoms with Crippen molar-refractivity contribution in [2.24, 2.45) is 0 Å². The third-order valence-electron chi connectivity index (χ3n) is 4.05. The Kier molecular flexibility index (Phi) is 5.67. The van der Waals surface area contributed by atoms with Crippen LogP contribution in [0.25, 0.3) is 5.82 Å². The van der Waals surface area contributed by atoms with Crippen molar-refractivity contribution in [3.63, 3.8) is 0 Å². The number of para-hydroxylation sites is 1. The number of allylic oxidation sites excluding steroid dienone is 1. The van der Waals surface area contributed by atoms with Crippen LogP contribution in [0, 0.1) is 0 Å². The van der Waals surface area contributed by atoms with E-state index in [1.807, 2.05) is 48.0 Å². The summed E-state index contributed by atoms with van der Waals surface area (Å²) in [5, 5.41) is 9.28. The van der Waals surface area contributed by atoms with Gasteiger partial charge in [0.25, 0.3) is 0 Å². The normalized spacial score (nSPS) is 15.5. The maximum absolute atomic E-state index is 12.3. The minimum absolute atomic E-state index is 0.146. The summed E-state index contributed by atoms with van der Waals surface area (Å²) in [6.07, 6.45) is 6.69. The van der Waals surface area contributed by atoms with Crippen molar-refractivity contribution < 1.29 is 9.53 Å². The lowest BCUT2D eigenvalue weighted by atomic mass is 10.3. The van der Waals surface area contributed by atoms with Gasteiger partial charge in [-0.1, -0.05) is 24.3 Å². The zero-order valence-electron chi connectivity index (χ0n) is 15.1. The number of hydrogen-bond donors (Lipinski definition) is 1. The number of benzene rings is 1. The SMILES string of the molecule is O=C(CCOc1ccccc1)Nc1cc(-n2cccn2)nc(C2CC=CS2)n1. The molecule has 3 heterocycles. The summed E-state index contributed by atoms with van der Waals surface area (Å²) in [5.74, 6) is 2.35. The quantitative estimate of drug-likeness (QED) is 0.658. The average Bonchev–Trinajstić information content (AvgIpc) is 3.43. The first-order chi connectivity index (χ1) is 13.8. The van der Waals surface area contributed by atoms with Crippen molar-refractivity contribution in [3.05, 3.63) is 72.2 Å². The van der Waals surface area contributed by atoms with Gasteiger partial charge in [0.2, 0.25) is 5.91 Å². The summed E-state index contributed by atoms with van der Waals surface area (Å²) in [7, 11) is 0. The van der Waals surface area contributed by atoms with E-state index in [4.69, 9.17) is 4.74 Å². The Morgan fingerprint density at radius 1 is 1.25 bits per heavy atom. The lowest BCUT2D eigenvalue weighted by molar-refractivity contribution is -0.116.